The summed E-state index contributed by atoms with van der Waals surface area (Å²) in [5.74, 6) is 0.527. The molecule has 1 aliphatic rings. The number of nitrogens with two attached hydrogens (primary N) is 1. The topological polar surface area (TPSA) is 119 Å². The lowest BCUT2D eigenvalue weighted by atomic mass is 10.2. The van der Waals surface area contributed by atoms with Crippen LogP contribution in [0.3, 0.4) is 0 Å². The fraction of sp³-hybridized carbons (Fsp3) is 0.350. The van der Waals surface area contributed by atoms with E-state index in [0.29, 0.717) is 35.3 Å². The van der Waals surface area contributed by atoms with Gasteiger partial charge in [-0.25, -0.2) is 14.5 Å². The van der Waals surface area contributed by atoms with Crippen LogP contribution in [0, 0.1) is 6.92 Å². The number of imidazole rings is 1. The fourth-order valence-electron chi connectivity index (χ4n) is 4.07. The molecule has 13 heteroatoms. The third kappa shape index (κ3) is 3.68. The van der Waals surface area contributed by atoms with Crippen LogP contribution in [0.4, 0.5) is 24.9 Å². The van der Waals surface area contributed by atoms with Crippen LogP contribution in [0.15, 0.2) is 24.4 Å². The number of alkyl halides is 3. The number of halogens is 3. The molecule has 0 bridgehead atoms. The fourth-order valence-corrected chi connectivity index (χ4v) is 4.07. The summed E-state index contributed by atoms with van der Waals surface area (Å²) in [5, 5.41) is 7.40. The molecule has 1 saturated heterocycles. The molecular weight excluding hydrogens is 439 g/mol. The van der Waals surface area contributed by atoms with Gasteiger partial charge in [0, 0.05) is 25.4 Å². The summed E-state index contributed by atoms with van der Waals surface area (Å²) in [7, 11) is 1.73. The summed E-state index contributed by atoms with van der Waals surface area (Å²) in [6, 6.07) is 4.57. The number of carbonyl (C=O) groups is 1. The summed E-state index contributed by atoms with van der Waals surface area (Å²) >= 11 is 0. The van der Waals surface area contributed by atoms with Crippen LogP contribution >= 0.6 is 0 Å². The average Bonchev–Trinajstić information content (AvgIpc) is 3.39. The zero-order valence-corrected chi connectivity index (χ0v) is 17.8. The smallest absolute Gasteiger partial charge is 0.382 e. The van der Waals surface area contributed by atoms with Crippen molar-refractivity contribution < 1.29 is 18.0 Å². The van der Waals surface area contributed by atoms with Crippen LogP contribution in [0.2, 0.25) is 0 Å². The Morgan fingerprint density at radius 3 is 2.70 bits per heavy atom. The molecule has 0 saturated carbocycles. The Balaban J connectivity index is 1.54. The Morgan fingerprint density at radius 2 is 2.00 bits per heavy atom. The van der Waals surface area contributed by atoms with Crippen LogP contribution in [0.25, 0.3) is 27.9 Å². The molecule has 0 aliphatic carbocycles. The second-order valence-corrected chi connectivity index (χ2v) is 7.99. The molecule has 1 fully saturated rings. The lowest BCUT2D eigenvalue weighted by Gasteiger charge is -2.13. The Kier molecular flexibility index (Phi) is 4.65. The van der Waals surface area contributed by atoms with E-state index < -0.39 is 18.8 Å². The van der Waals surface area contributed by atoms with Gasteiger partial charge in [0.2, 0.25) is 11.9 Å². The number of hydrogen-bond donors (Lipinski definition) is 2. The second-order valence-electron chi connectivity index (χ2n) is 7.99. The molecule has 4 aromatic heterocycles. The lowest BCUT2D eigenvalue weighted by Crippen LogP contribution is -2.31. The molecule has 172 valence electrons. The molecule has 3 N–H and O–H groups in total. The number of fused-ring (bicyclic) bond motifs is 2. The molecule has 0 radical (unpaired) electrons. The molecular formula is C20H20F3N9O. The van der Waals surface area contributed by atoms with Crippen LogP contribution in [-0.4, -0.2) is 65.8 Å². The Labute approximate surface area is 185 Å². The molecule has 5 rings (SSSR count). The molecule has 33 heavy (non-hydrogen) atoms. The van der Waals surface area contributed by atoms with E-state index in [2.05, 4.69) is 25.4 Å². The van der Waals surface area contributed by atoms with E-state index in [-0.39, 0.29) is 29.1 Å². The standard InChI is InChI=1S/C20H20F3N9O/c1-10-25-13-4-3-12(26-17(13)31(10)9-20(21,22)23)11-5-8-32-15(11)16(24)28-19(29-32)27-14-6-7-30(2)18(14)33/h3-5,8,14H,6-7,9H2,1-2H3,(H3,24,27,28,29)/t14-/m1/s1. The van der Waals surface area contributed by atoms with E-state index in [1.807, 2.05) is 0 Å². The molecule has 0 spiro atoms. The molecule has 4 aromatic rings. The first-order valence-corrected chi connectivity index (χ1v) is 10.2. The SMILES string of the molecule is Cc1nc2ccc(-c3ccn4nc(N[C@@H]5CCN(C)C5=O)nc(N)c34)nc2n1CC(F)(F)F. The van der Waals surface area contributed by atoms with Crippen LogP contribution < -0.4 is 11.1 Å². The third-order valence-electron chi connectivity index (χ3n) is 5.67. The highest BCUT2D eigenvalue weighted by atomic mass is 19.4. The largest absolute Gasteiger partial charge is 0.406 e. The molecule has 0 unspecified atom stereocenters. The minimum Gasteiger partial charge on any atom is -0.382 e. The summed E-state index contributed by atoms with van der Waals surface area (Å²) in [5.41, 5.74) is 8.14. The zero-order valence-electron chi connectivity index (χ0n) is 17.8. The average molecular weight is 459 g/mol. The van der Waals surface area contributed by atoms with Crippen LogP contribution in [0.5, 0.6) is 0 Å². The quantitative estimate of drug-likeness (QED) is 0.480. The summed E-state index contributed by atoms with van der Waals surface area (Å²) in [6.07, 6.45) is -2.13. The van der Waals surface area contributed by atoms with E-state index in [4.69, 9.17) is 5.73 Å². The Hall–Kier alpha value is -3.90. The predicted octanol–water partition coefficient (Wildman–Crippen LogP) is 2.24. The van der Waals surface area contributed by atoms with Crippen molar-refractivity contribution in [2.45, 2.75) is 32.1 Å². The molecule has 1 amide bonds. The highest BCUT2D eigenvalue weighted by Crippen LogP contribution is 2.30. The zero-order chi connectivity index (χ0) is 23.5. The van der Waals surface area contributed by atoms with Crippen molar-refractivity contribution in [2.75, 3.05) is 24.6 Å². The number of rotatable bonds is 4. The van der Waals surface area contributed by atoms with Crippen molar-refractivity contribution >= 4 is 34.4 Å². The van der Waals surface area contributed by atoms with Gasteiger partial charge in [0.25, 0.3) is 0 Å². The lowest BCUT2D eigenvalue weighted by molar-refractivity contribution is -0.140. The predicted molar refractivity (Wildman–Crippen MR) is 114 cm³/mol. The first-order chi connectivity index (χ1) is 15.6. The number of nitrogens with zero attached hydrogens (tertiary/aromatic N) is 7. The Bertz CT molecular complexity index is 1390. The normalized spacial score (nSPS) is 16.9. The number of carbonyl (C=O) groups excluding carboxylic acids is 1. The highest BCUT2D eigenvalue weighted by molar-refractivity contribution is 5.89. The molecule has 1 aliphatic heterocycles. The third-order valence-corrected chi connectivity index (χ3v) is 5.67. The number of hydrogen-bond acceptors (Lipinski definition) is 7. The van der Waals surface area contributed by atoms with Gasteiger partial charge < -0.3 is 20.5 Å². The van der Waals surface area contributed by atoms with Gasteiger partial charge in [-0.05, 0) is 31.5 Å². The monoisotopic (exact) mass is 459 g/mol. The van der Waals surface area contributed by atoms with Gasteiger partial charge in [0.15, 0.2) is 11.5 Å². The van der Waals surface area contributed by atoms with Crippen molar-refractivity contribution in [1.82, 2.24) is 34.0 Å². The summed E-state index contributed by atoms with van der Waals surface area (Å²) in [6.45, 7) is 0.964. The van der Waals surface area contributed by atoms with Gasteiger partial charge in [0.1, 0.15) is 29.4 Å². The van der Waals surface area contributed by atoms with Crippen LogP contribution in [0.1, 0.15) is 12.2 Å². The molecule has 1 atom stereocenters. The van der Waals surface area contributed by atoms with Gasteiger partial charge in [-0.15, -0.1) is 5.10 Å². The van der Waals surface area contributed by atoms with Gasteiger partial charge in [0.05, 0.1) is 5.69 Å². The van der Waals surface area contributed by atoms with Crippen molar-refractivity contribution in [1.29, 1.82) is 0 Å². The number of nitrogens with one attached hydrogen (secondary N) is 1. The minimum absolute atomic E-state index is 0.0475. The van der Waals surface area contributed by atoms with Gasteiger partial charge in [-0.1, -0.05) is 0 Å². The number of nitrogen functional groups attached to an aromatic ring is 1. The number of aromatic nitrogens is 6. The van der Waals surface area contributed by atoms with Crippen molar-refractivity contribution in [3.05, 3.63) is 30.2 Å². The first-order valence-electron chi connectivity index (χ1n) is 10.2. The maximum atomic E-state index is 13.0. The number of anilines is 2. The van der Waals surface area contributed by atoms with E-state index in [9.17, 15) is 18.0 Å². The first kappa shape index (κ1) is 21.0. The maximum Gasteiger partial charge on any atom is 0.406 e. The van der Waals surface area contributed by atoms with E-state index in [1.54, 1.807) is 36.3 Å². The Morgan fingerprint density at radius 1 is 1.21 bits per heavy atom. The summed E-state index contributed by atoms with van der Waals surface area (Å²) < 4.78 is 41.7. The maximum absolute atomic E-state index is 13.0. The second kappa shape index (κ2) is 7.32. The van der Waals surface area contributed by atoms with Gasteiger partial charge in [-0.2, -0.15) is 18.2 Å². The van der Waals surface area contributed by atoms with E-state index >= 15 is 0 Å². The number of amides is 1. The van der Waals surface area contributed by atoms with E-state index in [0.717, 1.165) is 4.57 Å². The van der Waals surface area contributed by atoms with E-state index in [1.165, 1.54) is 11.4 Å². The summed E-state index contributed by atoms with van der Waals surface area (Å²) in [4.78, 5) is 26.7. The number of likely N-dealkylation sites (N-methyl/N-ethyl adjacent to an activating group) is 1. The van der Waals surface area contributed by atoms with Crippen molar-refractivity contribution in [3.63, 3.8) is 0 Å². The number of aryl methyl sites for hydroxylation is 1. The van der Waals surface area contributed by atoms with Crippen molar-refractivity contribution in [3.8, 4) is 11.3 Å². The van der Waals surface area contributed by atoms with Crippen LogP contribution in [-0.2, 0) is 11.3 Å². The van der Waals surface area contributed by atoms with Gasteiger partial charge >= 0.3 is 6.18 Å². The number of likely N-dealkylation sites (tertiary alicyclic amines) is 1. The van der Waals surface area contributed by atoms with Gasteiger partial charge in [-0.3, -0.25) is 4.79 Å². The highest BCUT2D eigenvalue weighted by Gasteiger charge is 2.31. The molecule has 10 nitrogen and oxygen atoms in total. The van der Waals surface area contributed by atoms with Crippen molar-refractivity contribution in [2.24, 2.45) is 0 Å². The number of pyridine rings is 1. The molecule has 0 aromatic carbocycles. The molecule has 5 heterocycles. The minimum atomic E-state index is -4.41.